The lowest BCUT2D eigenvalue weighted by Crippen LogP contribution is -2.24. The minimum Gasteiger partial charge on any atom is -0.496 e. The van der Waals surface area contributed by atoms with Gasteiger partial charge >= 0.3 is 0 Å². The summed E-state index contributed by atoms with van der Waals surface area (Å²) in [6, 6.07) is 10.2. The van der Waals surface area contributed by atoms with E-state index in [1.807, 2.05) is 18.2 Å². The molecule has 1 aliphatic rings. The number of furan rings is 1. The molecule has 0 radical (unpaired) electrons. The van der Waals surface area contributed by atoms with E-state index in [1.54, 1.807) is 0 Å². The Labute approximate surface area is 113 Å². The zero-order valence-corrected chi connectivity index (χ0v) is 11.2. The fourth-order valence-corrected chi connectivity index (χ4v) is 2.47. The normalized spacial score (nSPS) is 17.0. The topological polar surface area (TPSA) is 34.4 Å². The van der Waals surface area contributed by atoms with Crippen LogP contribution in [0, 0.1) is 0 Å². The van der Waals surface area contributed by atoms with E-state index >= 15 is 0 Å². The van der Waals surface area contributed by atoms with Gasteiger partial charge < -0.3 is 14.5 Å². The van der Waals surface area contributed by atoms with Gasteiger partial charge in [-0.1, -0.05) is 25.1 Å². The molecule has 1 aliphatic heterocycles. The lowest BCUT2D eigenvalue weighted by atomic mass is 10.1. The second-order valence-corrected chi connectivity index (χ2v) is 4.77. The maximum atomic E-state index is 5.95. The van der Waals surface area contributed by atoms with Crippen molar-refractivity contribution in [1.29, 1.82) is 0 Å². The Morgan fingerprint density at radius 2 is 2.21 bits per heavy atom. The van der Waals surface area contributed by atoms with Crippen molar-refractivity contribution < 1.29 is 9.15 Å². The van der Waals surface area contributed by atoms with Crippen molar-refractivity contribution in [1.82, 2.24) is 5.32 Å². The molecule has 3 rings (SSSR count). The molecule has 1 N–H and O–H groups in total. The van der Waals surface area contributed by atoms with E-state index in [2.05, 4.69) is 30.4 Å². The van der Waals surface area contributed by atoms with Crippen molar-refractivity contribution in [3.05, 3.63) is 47.9 Å². The third-order valence-electron chi connectivity index (χ3n) is 3.38. The summed E-state index contributed by atoms with van der Waals surface area (Å²) < 4.78 is 11.7. The van der Waals surface area contributed by atoms with Crippen molar-refractivity contribution in [3.63, 3.8) is 0 Å². The molecule has 0 fully saturated rings. The van der Waals surface area contributed by atoms with Gasteiger partial charge in [0.2, 0.25) is 0 Å². The van der Waals surface area contributed by atoms with E-state index in [0.717, 1.165) is 48.5 Å². The van der Waals surface area contributed by atoms with Gasteiger partial charge in [-0.2, -0.15) is 0 Å². The van der Waals surface area contributed by atoms with Crippen LogP contribution >= 0.6 is 0 Å². The highest BCUT2D eigenvalue weighted by Gasteiger charge is 2.22. The van der Waals surface area contributed by atoms with Crippen LogP contribution < -0.4 is 5.32 Å². The van der Waals surface area contributed by atoms with E-state index < -0.39 is 0 Å². The average molecular weight is 257 g/mol. The number of rotatable bonds is 4. The van der Waals surface area contributed by atoms with Gasteiger partial charge in [0.1, 0.15) is 23.1 Å². The standard InChI is InChI=1S/C16H19NO2/c1-2-17-16(14-9-5-6-10-18-14)15-11-12-7-3-4-8-13(12)19-15/h3-4,7-9,11,16-17H,2,5-6,10H2,1H3. The van der Waals surface area contributed by atoms with Gasteiger partial charge in [0.25, 0.3) is 0 Å². The van der Waals surface area contributed by atoms with Crippen LogP contribution in [0.5, 0.6) is 0 Å². The van der Waals surface area contributed by atoms with E-state index in [0.29, 0.717) is 0 Å². The number of fused-ring (bicyclic) bond motifs is 1. The van der Waals surface area contributed by atoms with Crippen LogP contribution in [-0.4, -0.2) is 13.2 Å². The zero-order chi connectivity index (χ0) is 13.1. The molecule has 3 heteroatoms. The Morgan fingerprint density at radius 1 is 1.32 bits per heavy atom. The fourth-order valence-electron chi connectivity index (χ4n) is 2.47. The van der Waals surface area contributed by atoms with E-state index in [1.165, 1.54) is 0 Å². The number of hydrogen-bond donors (Lipinski definition) is 1. The van der Waals surface area contributed by atoms with Crippen LogP contribution in [0.2, 0.25) is 0 Å². The summed E-state index contributed by atoms with van der Waals surface area (Å²) in [5.74, 6) is 1.92. The van der Waals surface area contributed by atoms with Gasteiger partial charge in [-0.3, -0.25) is 0 Å². The second kappa shape index (κ2) is 5.49. The Hall–Kier alpha value is -1.74. The van der Waals surface area contributed by atoms with Crippen molar-refractivity contribution in [2.24, 2.45) is 0 Å². The first-order valence-corrected chi connectivity index (χ1v) is 6.93. The maximum Gasteiger partial charge on any atom is 0.134 e. The molecule has 0 bridgehead atoms. The van der Waals surface area contributed by atoms with Crippen LogP contribution in [0.1, 0.15) is 31.6 Å². The largest absolute Gasteiger partial charge is 0.496 e. The van der Waals surface area contributed by atoms with Gasteiger partial charge in [-0.15, -0.1) is 0 Å². The minimum atomic E-state index is 0.0256. The molecule has 3 nitrogen and oxygen atoms in total. The number of benzene rings is 1. The number of nitrogens with one attached hydrogen (secondary N) is 1. The van der Waals surface area contributed by atoms with Crippen LogP contribution in [-0.2, 0) is 4.74 Å². The number of para-hydroxylation sites is 1. The molecule has 0 amide bonds. The predicted octanol–water partition coefficient (Wildman–Crippen LogP) is 3.78. The lowest BCUT2D eigenvalue weighted by molar-refractivity contribution is 0.163. The molecular weight excluding hydrogens is 238 g/mol. The third-order valence-corrected chi connectivity index (χ3v) is 3.38. The highest BCUT2D eigenvalue weighted by molar-refractivity contribution is 5.77. The highest BCUT2D eigenvalue weighted by atomic mass is 16.5. The van der Waals surface area contributed by atoms with Gasteiger partial charge in [-0.05, 0) is 37.6 Å². The molecule has 0 saturated heterocycles. The molecule has 1 unspecified atom stereocenters. The molecule has 0 aliphatic carbocycles. The monoisotopic (exact) mass is 257 g/mol. The first kappa shape index (κ1) is 12.3. The minimum absolute atomic E-state index is 0.0256. The van der Waals surface area contributed by atoms with E-state index in [-0.39, 0.29) is 6.04 Å². The summed E-state index contributed by atoms with van der Waals surface area (Å²) in [5.41, 5.74) is 0.928. The molecule has 2 heterocycles. The van der Waals surface area contributed by atoms with Gasteiger partial charge in [0.15, 0.2) is 0 Å². The average Bonchev–Trinajstić information content (AvgIpc) is 2.89. The SMILES string of the molecule is CCNC(C1=CCCCO1)c1cc2ccccc2o1. The maximum absolute atomic E-state index is 5.95. The summed E-state index contributed by atoms with van der Waals surface area (Å²) in [6.45, 7) is 3.77. The Kier molecular flexibility index (Phi) is 3.56. The van der Waals surface area contributed by atoms with Crippen LogP contribution in [0.4, 0.5) is 0 Å². The summed E-state index contributed by atoms with van der Waals surface area (Å²) in [7, 11) is 0. The molecule has 1 aromatic carbocycles. The number of ether oxygens (including phenoxy) is 1. The summed E-state index contributed by atoms with van der Waals surface area (Å²) in [4.78, 5) is 0. The Balaban J connectivity index is 1.96. The summed E-state index contributed by atoms with van der Waals surface area (Å²) >= 11 is 0. The number of likely N-dealkylation sites (N-methyl/N-ethyl adjacent to an activating group) is 1. The molecule has 2 aromatic rings. The second-order valence-electron chi connectivity index (χ2n) is 4.77. The fraction of sp³-hybridized carbons (Fsp3) is 0.375. The predicted molar refractivity (Wildman–Crippen MR) is 75.9 cm³/mol. The van der Waals surface area contributed by atoms with Gasteiger partial charge in [0.05, 0.1) is 6.61 Å². The summed E-state index contributed by atoms with van der Waals surface area (Å²) in [5, 5.41) is 4.58. The van der Waals surface area contributed by atoms with Crippen molar-refractivity contribution >= 4 is 11.0 Å². The van der Waals surface area contributed by atoms with Gasteiger partial charge in [-0.25, -0.2) is 0 Å². The molecule has 1 atom stereocenters. The first-order chi connectivity index (χ1) is 9.38. The smallest absolute Gasteiger partial charge is 0.134 e. The quantitative estimate of drug-likeness (QED) is 0.905. The Morgan fingerprint density at radius 3 is 2.95 bits per heavy atom. The van der Waals surface area contributed by atoms with Crippen LogP contribution in [0.15, 0.2) is 46.6 Å². The van der Waals surface area contributed by atoms with Crippen molar-refractivity contribution in [3.8, 4) is 0 Å². The van der Waals surface area contributed by atoms with E-state index in [9.17, 15) is 0 Å². The molecule has 19 heavy (non-hydrogen) atoms. The Bertz CT molecular complexity index is 552. The number of allylic oxidation sites excluding steroid dienone is 1. The van der Waals surface area contributed by atoms with Crippen LogP contribution in [0.3, 0.4) is 0 Å². The number of hydrogen-bond acceptors (Lipinski definition) is 3. The molecule has 100 valence electrons. The summed E-state index contributed by atoms with van der Waals surface area (Å²) in [6.07, 6.45) is 4.35. The molecule has 0 saturated carbocycles. The van der Waals surface area contributed by atoms with Crippen molar-refractivity contribution in [2.45, 2.75) is 25.8 Å². The highest BCUT2D eigenvalue weighted by Crippen LogP contribution is 2.30. The van der Waals surface area contributed by atoms with E-state index in [4.69, 9.17) is 9.15 Å². The molecular formula is C16H19NO2. The van der Waals surface area contributed by atoms with Gasteiger partial charge in [0, 0.05) is 5.39 Å². The molecule has 0 spiro atoms. The lowest BCUT2D eigenvalue weighted by Gasteiger charge is -2.22. The third kappa shape index (κ3) is 2.51. The van der Waals surface area contributed by atoms with Crippen LogP contribution in [0.25, 0.3) is 11.0 Å². The van der Waals surface area contributed by atoms with Crippen molar-refractivity contribution in [2.75, 3.05) is 13.2 Å². The molecule has 1 aromatic heterocycles. The zero-order valence-electron chi connectivity index (χ0n) is 11.2. The first-order valence-electron chi connectivity index (χ1n) is 6.93.